The van der Waals surface area contributed by atoms with E-state index in [1.807, 2.05) is 6.92 Å². The lowest BCUT2D eigenvalue weighted by Crippen LogP contribution is -2.01. The Bertz CT molecular complexity index is 688. The summed E-state index contributed by atoms with van der Waals surface area (Å²) in [5.41, 5.74) is 2.20. The number of aromatic nitrogens is 2. The van der Waals surface area contributed by atoms with Gasteiger partial charge in [-0.05, 0) is 18.6 Å². The molecule has 6 nitrogen and oxygen atoms in total. The number of nitrogens with zero attached hydrogens (tertiary/aromatic N) is 3. The van der Waals surface area contributed by atoms with Crippen molar-refractivity contribution in [1.82, 2.24) is 9.78 Å². The SMILES string of the molecule is Cc1nn(C)c(Cl)c1COc1ccc(CBr)cc1[N+](=O)[O-]. The van der Waals surface area contributed by atoms with Crippen LogP contribution in [0.25, 0.3) is 0 Å². The molecule has 0 saturated carbocycles. The Kier molecular flexibility index (Phi) is 4.84. The summed E-state index contributed by atoms with van der Waals surface area (Å²) in [5, 5.41) is 16.3. The van der Waals surface area contributed by atoms with Crippen LogP contribution < -0.4 is 4.74 Å². The second kappa shape index (κ2) is 6.44. The van der Waals surface area contributed by atoms with Crippen molar-refractivity contribution in [3.05, 3.63) is 50.3 Å². The molecule has 0 amide bonds. The Morgan fingerprint density at radius 2 is 2.24 bits per heavy atom. The predicted octanol–water partition coefficient (Wildman–Crippen LogP) is 3.76. The second-order valence-electron chi connectivity index (χ2n) is 4.46. The molecule has 1 aromatic carbocycles. The number of alkyl halides is 1. The largest absolute Gasteiger partial charge is 0.482 e. The normalized spacial score (nSPS) is 10.7. The Labute approximate surface area is 134 Å². The number of benzene rings is 1. The van der Waals surface area contributed by atoms with E-state index in [0.717, 1.165) is 16.8 Å². The maximum atomic E-state index is 11.1. The molecule has 21 heavy (non-hydrogen) atoms. The molecule has 0 spiro atoms. The summed E-state index contributed by atoms with van der Waals surface area (Å²) in [4.78, 5) is 10.6. The van der Waals surface area contributed by atoms with E-state index in [4.69, 9.17) is 16.3 Å². The van der Waals surface area contributed by atoms with E-state index < -0.39 is 4.92 Å². The highest BCUT2D eigenvalue weighted by Crippen LogP contribution is 2.30. The fourth-order valence-electron chi connectivity index (χ4n) is 1.90. The standard InChI is InChI=1S/C13H13BrClN3O3/c1-8-10(13(15)17(2)16-8)7-21-12-4-3-9(6-14)5-11(12)18(19)20/h3-5H,6-7H2,1-2H3. The van der Waals surface area contributed by atoms with Crippen molar-refractivity contribution in [1.29, 1.82) is 0 Å². The van der Waals surface area contributed by atoms with Gasteiger partial charge < -0.3 is 4.74 Å². The first-order valence-electron chi connectivity index (χ1n) is 6.08. The van der Waals surface area contributed by atoms with E-state index in [1.165, 1.54) is 10.7 Å². The molecule has 8 heteroatoms. The monoisotopic (exact) mass is 373 g/mol. The summed E-state index contributed by atoms with van der Waals surface area (Å²) in [7, 11) is 1.73. The number of nitro benzene ring substituents is 1. The summed E-state index contributed by atoms with van der Waals surface area (Å²) < 4.78 is 7.10. The molecule has 0 saturated heterocycles. The molecule has 112 valence electrons. The van der Waals surface area contributed by atoms with E-state index in [9.17, 15) is 10.1 Å². The Balaban J connectivity index is 2.25. The van der Waals surface area contributed by atoms with Gasteiger partial charge in [-0.1, -0.05) is 33.6 Å². The molecular formula is C13H13BrClN3O3. The molecule has 0 N–H and O–H groups in total. The Morgan fingerprint density at radius 1 is 1.52 bits per heavy atom. The molecule has 0 bridgehead atoms. The molecule has 0 aliphatic carbocycles. The van der Waals surface area contributed by atoms with Crippen LogP contribution in [-0.2, 0) is 19.0 Å². The summed E-state index contributed by atoms with van der Waals surface area (Å²) >= 11 is 9.38. The van der Waals surface area contributed by atoms with Gasteiger partial charge in [0.1, 0.15) is 11.8 Å². The van der Waals surface area contributed by atoms with E-state index in [1.54, 1.807) is 19.2 Å². The predicted molar refractivity (Wildman–Crippen MR) is 83.0 cm³/mol. The van der Waals surface area contributed by atoms with Crippen LogP contribution in [0.15, 0.2) is 18.2 Å². The molecule has 0 unspecified atom stereocenters. The minimum Gasteiger partial charge on any atom is -0.482 e. The lowest BCUT2D eigenvalue weighted by molar-refractivity contribution is -0.386. The van der Waals surface area contributed by atoms with Crippen molar-refractivity contribution >= 4 is 33.2 Å². The van der Waals surface area contributed by atoms with Crippen LogP contribution in [0.3, 0.4) is 0 Å². The number of hydrogen-bond donors (Lipinski definition) is 0. The summed E-state index contributed by atoms with van der Waals surface area (Å²) in [6, 6.07) is 4.85. The van der Waals surface area contributed by atoms with Gasteiger partial charge in [-0.3, -0.25) is 14.8 Å². The maximum absolute atomic E-state index is 11.1. The maximum Gasteiger partial charge on any atom is 0.311 e. The molecule has 0 aliphatic heterocycles. The zero-order valence-corrected chi connectivity index (χ0v) is 13.8. The van der Waals surface area contributed by atoms with Gasteiger partial charge in [-0.15, -0.1) is 0 Å². The molecule has 2 aromatic rings. The van der Waals surface area contributed by atoms with Crippen LogP contribution in [0.1, 0.15) is 16.8 Å². The van der Waals surface area contributed by atoms with Crippen LogP contribution >= 0.6 is 27.5 Å². The minimum atomic E-state index is -0.459. The van der Waals surface area contributed by atoms with Gasteiger partial charge in [0.2, 0.25) is 0 Å². The van der Waals surface area contributed by atoms with E-state index in [2.05, 4.69) is 21.0 Å². The smallest absolute Gasteiger partial charge is 0.311 e. The van der Waals surface area contributed by atoms with Gasteiger partial charge in [0.15, 0.2) is 5.75 Å². The molecule has 2 rings (SSSR count). The summed E-state index contributed by atoms with van der Waals surface area (Å²) in [6.07, 6.45) is 0. The zero-order valence-electron chi connectivity index (χ0n) is 11.5. The van der Waals surface area contributed by atoms with Crippen LogP contribution in [0.4, 0.5) is 5.69 Å². The average Bonchev–Trinajstić information content (AvgIpc) is 2.70. The lowest BCUT2D eigenvalue weighted by atomic mass is 10.2. The highest BCUT2D eigenvalue weighted by atomic mass is 79.9. The van der Waals surface area contributed by atoms with Crippen molar-refractivity contribution in [2.75, 3.05) is 0 Å². The molecule has 1 heterocycles. The van der Waals surface area contributed by atoms with Gasteiger partial charge in [0, 0.05) is 24.0 Å². The third-order valence-electron chi connectivity index (χ3n) is 3.02. The second-order valence-corrected chi connectivity index (χ2v) is 5.38. The zero-order chi connectivity index (χ0) is 15.6. The number of ether oxygens (including phenoxy) is 1. The third kappa shape index (κ3) is 3.36. The fraction of sp³-hybridized carbons (Fsp3) is 0.308. The van der Waals surface area contributed by atoms with Crippen LogP contribution in [0.2, 0.25) is 5.15 Å². The molecular weight excluding hydrogens is 362 g/mol. The van der Waals surface area contributed by atoms with Crippen molar-refractivity contribution in [3.8, 4) is 5.75 Å². The van der Waals surface area contributed by atoms with Crippen LogP contribution in [-0.4, -0.2) is 14.7 Å². The van der Waals surface area contributed by atoms with Gasteiger partial charge in [-0.2, -0.15) is 5.10 Å². The van der Waals surface area contributed by atoms with Gasteiger partial charge >= 0.3 is 5.69 Å². The first-order chi connectivity index (χ1) is 9.93. The summed E-state index contributed by atoms with van der Waals surface area (Å²) in [6.45, 7) is 1.94. The van der Waals surface area contributed by atoms with E-state index in [0.29, 0.717) is 10.5 Å². The first kappa shape index (κ1) is 15.8. The minimum absolute atomic E-state index is 0.0652. The van der Waals surface area contributed by atoms with Crippen molar-refractivity contribution in [2.45, 2.75) is 18.9 Å². The summed E-state index contributed by atoms with van der Waals surface area (Å²) in [5.74, 6) is 0.212. The van der Waals surface area contributed by atoms with E-state index in [-0.39, 0.29) is 18.0 Å². The first-order valence-corrected chi connectivity index (χ1v) is 7.58. The number of hydrogen-bond acceptors (Lipinski definition) is 4. The molecule has 0 radical (unpaired) electrons. The number of aryl methyl sites for hydroxylation is 2. The Hall–Kier alpha value is -1.60. The number of rotatable bonds is 5. The lowest BCUT2D eigenvalue weighted by Gasteiger charge is -2.07. The van der Waals surface area contributed by atoms with Crippen molar-refractivity contribution in [2.24, 2.45) is 7.05 Å². The van der Waals surface area contributed by atoms with Gasteiger partial charge in [0.25, 0.3) is 0 Å². The fourth-order valence-corrected chi connectivity index (χ4v) is 2.48. The quantitative estimate of drug-likeness (QED) is 0.454. The third-order valence-corrected chi connectivity index (χ3v) is 4.14. The van der Waals surface area contributed by atoms with Crippen LogP contribution in [0.5, 0.6) is 5.75 Å². The average molecular weight is 375 g/mol. The van der Waals surface area contributed by atoms with Crippen LogP contribution in [0, 0.1) is 17.0 Å². The van der Waals surface area contributed by atoms with Gasteiger partial charge in [0.05, 0.1) is 10.6 Å². The van der Waals surface area contributed by atoms with Crippen molar-refractivity contribution < 1.29 is 9.66 Å². The molecule has 0 atom stereocenters. The van der Waals surface area contributed by atoms with Crippen molar-refractivity contribution in [3.63, 3.8) is 0 Å². The molecule has 1 aromatic heterocycles. The van der Waals surface area contributed by atoms with E-state index >= 15 is 0 Å². The van der Waals surface area contributed by atoms with Gasteiger partial charge in [-0.25, -0.2) is 0 Å². The Morgan fingerprint density at radius 3 is 2.76 bits per heavy atom. The number of halogens is 2. The number of nitro groups is 1. The molecule has 0 fully saturated rings. The highest BCUT2D eigenvalue weighted by molar-refractivity contribution is 9.08. The topological polar surface area (TPSA) is 70.2 Å². The highest BCUT2D eigenvalue weighted by Gasteiger charge is 2.18. The molecule has 0 aliphatic rings.